The Hall–Kier alpha value is -1.28. The first kappa shape index (κ1) is 14.1. The van der Waals surface area contributed by atoms with Gasteiger partial charge < -0.3 is 4.74 Å². The molecule has 0 spiro atoms. The van der Waals surface area contributed by atoms with E-state index in [1.54, 1.807) is 0 Å². The average Bonchev–Trinajstić information content (AvgIpc) is 2.46. The van der Waals surface area contributed by atoms with E-state index in [0.29, 0.717) is 12.5 Å². The van der Waals surface area contributed by atoms with Crippen LogP contribution in [0.4, 0.5) is 0 Å². The Balaban J connectivity index is 1.99. The molecule has 19 heavy (non-hydrogen) atoms. The molecule has 0 bridgehead atoms. The van der Waals surface area contributed by atoms with Crippen LogP contribution in [0.15, 0.2) is 53.0 Å². The van der Waals surface area contributed by atoms with Crippen molar-refractivity contribution in [1.82, 2.24) is 0 Å². The van der Waals surface area contributed by atoms with Crippen molar-refractivity contribution in [1.29, 1.82) is 0 Å². The smallest absolute Gasteiger partial charge is 0.119 e. The zero-order valence-corrected chi connectivity index (χ0v) is 13.0. The molecule has 100 valence electrons. The molecular formula is C17H19BrO. The topological polar surface area (TPSA) is 9.23 Å². The summed E-state index contributed by atoms with van der Waals surface area (Å²) in [6.45, 7) is 5.04. The Labute approximate surface area is 123 Å². The van der Waals surface area contributed by atoms with Crippen LogP contribution < -0.4 is 4.74 Å². The van der Waals surface area contributed by atoms with Crippen LogP contribution in [0.1, 0.15) is 37.3 Å². The second-order valence-electron chi connectivity index (χ2n) is 4.76. The molecule has 1 nitrogen and oxygen atoms in total. The van der Waals surface area contributed by atoms with Crippen molar-refractivity contribution in [3.8, 4) is 5.75 Å². The van der Waals surface area contributed by atoms with E-state index >= 15 is 0 Å². The Morgan fingerprint density at radius 2 is 1.74 bits per heavy atom. The summed E-state index contributed by atoms with van der Waals surface area (Å²) in [6.07, 6.45) is 1.16. The minimum atomic E-state index is 0.587. The highest BCUT2D eigenvalue weighted by Gasteiger charge is 2.03. The second-order valence-corrected chi connectivity index (χ2v) is 5.61. The van der Waals surface area contributed by atoms with Crippen LogP contribution in [-0.2, 0) is 6.61 Å². The highest BCUT2D eigenvalue weighted by atomic mass is 79.9. The van der Waals surface area contributed by atoms with Crippen LogP contribution in [0.3, 0.4) is 0 Å². The van der Waals surface area contributed by atoms with Crippen molar-refractivity contribution in [2.45, 2.75) is 32.8 Å². The highest BCUT2D eigenvalue weighted by molar-refractivity contribution is 9.10. The molecule has 2 rings (SSSR count). The predicted molar refractivity (Wildman–Crippen MR) is 83.6 cm³/mol. The van der Waals surface area contributed by atoms with Gasteiger partial charge in [0.1, 0.15) is 12.4 Å². The van der Waals surface area contributed by atoms with E-state index in [9.17, 15) is 0 Å². The number of hydrogen-bond donors (Lipinski definition) is 0. The van der Waals surface area contributed by atoms with Gasteiger partial charge in [-0.2, -0.15) is 0 Å². The summed E-state index contributed by atoms with van der Waals surface area (Å²) in [5, 5.41) is 0. The number of halogens is 1. The lowest BCUT2D eigenvalue weighted by molar-refractivity contribution is 0.305. The molecule has 0 saturated carbocycles. The van der Waals surface area contributed by atoms with Crippen molar-refractivity contribution in [2.24, 2.45) is 0 Å². The summed E-state index contributed by atoms with van der Waals surface area (Å²) in [7, 11) is 0. The van der Waals surface area contributed by atoms with Gasteiger partial charge in [0.15, 0.2) is 0 Å². The molecule has 0 radical (unpaired) electrons. The summed E-state index contributed by atoms with van der Waals surface area (Å²) in [5.41, 5.74) is 2.53. The van der Waals surface area contributed by atoms with E-state index in [4.69, 9.17) is 4.74 Å². The van der Waals surface area contributed by atoms with E-state index in [1.165, 1.54) is 5.56 Å². The summed E-state index contributed by atoms with van der Waals surface area (Å²) in [4.78, 5) is 0. The van der Waals surface area contributed by atoms with Crippen molar-refractivity contribution in [2.75, 3.05) is 0 Å². The fourth-order valence-corrected chi connectivity index (χ4v) is 2.30. The molecule has 0 aliphatic heterocycles. The largest absolute Gasteiger partial charge is 0.489 e. The van der Waals surface area contributed by atoms with E-state index in [2.05, 4.69) is 60.1 Å². The van der Waals surface area contributed by atoms with Gasteiger partial charge in [0.25, 0.3) is 0 Å². The lowest BCUT2D eigenvalue weighted by atomic mass is 9.99. The predicted octanol–water partition coefficient (Wildman–Crippen LogP) is 5.54. The van der Waals surface area contributed by atoms with Gasteiger partial charge in [0.05, 0.1) is 0 Å². The number of hydrogen-bond acceptors (Lipinski definition) is 1. The van der Waals surface area contributed by atoms with E-state index < -0.39 is 0 Å². The first-order valence-corrected chi connectivity index (χ1v) is 7.46. The normalized spacial score (nSPS) is 12.2. The van der Waals surface area contributed by atoms with Crippen LogP contribution in [-0.4, -0.2) is 0 Å². The number of benzene rings is 2. The minimum absolute atomic E-state index is 0.587. The van der Waals surface area contributed by atoms with Gasteiger partial charge in [-0.15, -0.1) is 0 Å². The molecule has 0 saturated heterocycles. The molecule has 0 amide bonds. The van der Waals surface area contributed by atoms with Crippen molar-refractivity contribution < 1.29 is 4.74 Å². The molecule has 0 N–H and O–H groups in total. The molecule has 0 aliphatic rings. The molecule has 0 aliphatic carbocycles. The number of rotatable bonds is 5. The van der Waals surface area contributed by atoms with E-state index in [0.717, 1.165) is 22.2 Å². The van der Waals surface area contributed by atoms with Crippen LogP contribution >= 0.6 is 15.9 Å². The van der Waals surface area contributed by atoms with Crippen molar-refractivity contribution in [3.05, 3.63) is 64.1 Å². The zero-order chi connectivity index (χ0) is 13.7. The molecule has 1 unspecified atom stereocenters. The molecule has 2 aromatic carbocycles. The third-order valence-corrected chi connectivity index (χ3v) is 4.19. The molecule has 2 aromatic rings. The lowest BCUT2D eigenvalue weighted by Crippen LogP contribution is -1.97. The van der Waals surface area contributed by atoms with Gasteiger partial charge in [-0.1, -0.05) is 60.1 Å². The maximum atomic E-state index is 5.81. The summed E-state index contributed by atoms with van der Waals surface area (Å²) < 4.78 is 6.90. The maximum absolute atomic E-state index is 5.81. The average molecular weight is 319 g/mol. The Bertz CT molecular complexity index is 519. The fraction of sp³-hybridized carbons (Fsp3) is 0.294. The van der Waals surface area contributed by atoms with Crippen molar-refractivity contribution >= 4 is 15.9 Å². The third-order valence-electron chi connectivity index (χ3n) is 3.41. The van der Waals surface area contributed by atoms with Gasteiger partial charge in [-0.25, -0.2) is 0 Å². The van der Waals surface area contributed by atoms with Crippen LogP contribution in [0.5, 0.6) is 5.75 Å². The summed E-state index contributed by atoms with van der Waals surface area (Å²) in [5.74, 6) is 1.53. The standard InChI is InChI=1S/C17H19BrO/c1-3-13(2)14-8-10-16(11-9-14)19-12-15-6-4-5-7-17(15)18/h4-11,13H,3,12H2,1-2H3. The highest BCUT2D eigenvalue weighted by Crippen LogP contribution is 2.23. The quantitative estimate of drug-likeness (QED) is 0.703. The second kappa shape index (κ2) is 6.76. The van der Waals surface area contributed by atoms with E-state index in [-0.39, 0.29) is 0 Å². The van der Waals surface area contributed by atoms with E-state index in [1.807, 2.05) is 18.2 Å². The van der Waals surface area contributed by atoms with Gasteiger partial charge in [0.2, 0.25) is 0 Å². The maximum Gasteiger partial charge on any atom is 0.119 e. The Morgan fingerprint density at radius 3 is 2.37 bits per heavy atom. The van der Waals surface area contributed by atoms with Gasteiger partial charge in [-0.3, -0.25) is 0 Å². The molecular weight excluding hydrogens is 300 g/mol. The summed E-state index contributed by atoms with van der Waals surface area (Å²) in [6, 6.07) is 16.6. The monoisotopic (exact) mass is 318 g/mol. The minimum Gasteiger partial charge on any atom is -0.489 e. The van der Waals surface area contributed by atoms with Crippen molar-refractivity contribution in [3.63, 3.8) is 0 Å². The number of ether oxygens (including phenoxy) is 1. The van der Waals surface area contributed by atoms with Gasteiger partial charge in [-0.05, 0) is 36.1 Å². The third kappa shape index (κ3) is 3.84. The SMILES string of the molecule is CCC(C)c1ccc(OCc2ccccc2Br)cc1. The molecule has 0 aromatic heterocycles. The van der Waals surface area contributed by atoms with Gasteiger partial charge in [0, 0.05) is 10.0 Å². The molecule has 0 heterocycles. The zero-order valence-electron chi connectivity index (χ0n) is 11.4. The fourth-order valence-electron chi connectivity index (χ4n) is 1.90. The molecule has 1 atom stereocenters. The molecule has 0 fully saturated rings. The van der Waals surface area contributed by atoms with Crippen LogP contribution in [0.25, 0.3) is 0 Å². The van der Waals surface area contributed by atoms with Gasteiger partial charge >= 0.3 is 0 Å². The summed E-state index contributed by atoms with van der Waals surface area (Å²) >= 11 is 3.53. The first-order valence-electron chi connectivity index (χ1n) is 6.67. The molecule has 2 heteroatoms. The Morgan fingerprint density at radius 1 is 1.05 bits per heavy atom. The first-order chi connectivity index (χ1) is 9.20. The lowest BCUT2D eigenvalue weighted by Gasteiger charge is -2.11. The van der Waals surface area contributed by atoms with Crippen LogP contribution in [0.2, 0.25) is 0 Å². The van der Waals surface area contributed by atoms with Crippen LogP contribution in [0, 0.1) is 0 Å². The Kier molecular flexibility index (Phi) is 5.03.